The molecule has 1 saturated heterocycles. The number of rotatable bonds is 7. The van der Waals surface area contributed by atoms with Gasteiger partial charge in [0.15, 0.2) is 4.80 Å². The summed E-state index contributed by atoms with van der Waals surface area (Å²) in [5, 5.41) is 0.949. The number of likely N-dealkylation sites (tertiary alicyclic amines) is 1. The molecule has 0 N–H and O–H groups in total. The van der Waals surface area contributed by atoms with E-state index in [1.807, 2.05) is 70.3 Å². The normalized spacial score (nSPS) is 17.0. The molecule has 1 amide bonds. The van der Waals surface area contributed by atoms with E-state index in [4.69, 9.17) is 9.47 Å². The highest BCUT2D eigenvalue weighted by Gasteiger charge is 2.33. The van der Waals surface area contributed by atoms with Crippen LogP contribution in [0.5, 0.6) is 5.75 Å². The number of carbonyl (C=O) groups excluding carboxylic acids is 2. The predicted octanol–water partition coefficient (Wildman–Crippen LogP) is 3.38. The lowest BCUT2D eigenvalue weighted by molar-refractivity contribution is -0.139. The molecule has 6 rings (SSSR count). The molecule has 2 aliphatic heterocycles. The molecule has 4 heterocycles. The van der Waals surface area contributed by atoms with Crippen molar-refractivity contribution in [3.8, 4) is 5.75 Å². The number of ether oxygens (including phenoxy) is 2. The van der Waals surface area contributed by atoms with Gasteiger partial charge in [-0.1, -0.05) is 41.7 Å². The molecule has 2 aromatic carbocycles. The highest BCUT2D eigenvalue weighted by molar-refractivity contribution is 7.07. The molecule has 9 nitrogen and oxygen atoms in total. The standard InChI is InChI=1S/C32H32N4O5S/c1-4-41-31(39)28-20(2)33-32-36(29(28)21-10-9-11-23(16-21)40-3)30(38)26(42-32)17-22-18-35(25-13-6-5-12-24(22)25)19-27(37)34-14-7-8-15-34/h5-6,9-13,16-18,29H,4,7-8,14-15,19H2,1-3H3/b26-17+/t29-/m1/s1. The molecule has 0 radical (unpaired) electrons. The van der Waals surface area contributed by atoms with E-state index in [1.165, 1.54) is 11.3 Å². The molecular formula is C32H32N4O5S. The zero-order chi connectivity index (χ0) is 29.4. The van der Waals surface area contributed by atoms with Crippen LogP contribution < -0.4 is 19.6 Å². The zero-order valence-electron chi connectivity index (χ0n) is 23.8. The molecule has 1 fully saturated rings. The van der Waals surface area contributed by atoms with Crippen LogP contribution in [0, 0.1) is 0 Å². The van der Waals surface area contributed by atoms with E-state index in [2.05, 4.69) is 4.99 Å². The molecule has 0 saturated carbocycles. The fourth-order valence-electron chi connectivity index (χ4n) is 5.79. The van der Waals surface area contributed by atoms with E-state index in [0.29, 0.717) is 26.4 Å². The summed E-state index contributed by atoms with van der Waals surface area (Å²) in [6, 6.07) is 14.5. The first-order valence-corrected chi connectivity index (χ1v) is 14.9. The molecule has 1 atom stereocenters. The van der Waals surface area contributed by atoms with Gasteiger partial charge in [-0.3, -0.25) is 14.2 Å². The van der Waals surface area contributed by atoms with Gasteiger partial charge in [-0.15, -0.1) is 0 Å². The van der Waals surface area contributed by atoms with E-state index in [0.717, 1.165) is 48.0 Å². The minimum Gasteiger partial charge on any atom is -0.497 e. The molecule has 4 aromatic rings. The zero-order valence-corrected chi connectivity index (χ0v) is 24.6. The van der Waals surface area contributed by atoms with Crippen molar-refractivity contribution in [3.05, 3.63) is 96.8 Å². The van der Waals surface area contributed by atoms with Crippen LogP contribution in [0.1, 0.15) is 43.9 Å². The predicted molar refractivity (Wildman–Crippen MR) is 161 cm³/mol. The first kappa shape index (κ1) is 27.7. The number of thiazole rings is 1. The molecular weight excluding hydrogens is 552 g/mol. The summed E-state index contributed by atoms with van der Waals surface area (Å²) >= 11 is 1.27. The molecule has 10 heteroatoms. The van der Waals surface area contributed by atoms with Gasteiger partial charge in [0.2, 0.25) is 5.91 Å². The van der Waals surface area contributed by atoms with Gasteiger partial charge in [-0.05, 0) is 56.5 Å². The maximum atomic E-state index is 14.1. The van der Waals surface area contributed by atoms with E-state index >= 15 is 0 Å². The first-order valence-electron chi connectivity index (χ1n) is 14.1. The Hall–Kier alpha value is -4.44. The molecule has 0 unspecified atom stereocenters. The smallest absolute Gasteiger partial charge is 0.338 e. The maximum Gasteiger partial charge on any atom is 0.338 e. The Bertz CT molecular complexity index is 1910. The Labute approximate surface area is 246 Å². The molecule has 2 aromatic heterocycles. The van der Waals surface area contributed by atoms with Crippen molar-refractivity contribution in [1.82, 2.24) is 14.0 Å². The molecule has 0 bridgehead atoms. The molecule has 2 aliphatic rings. The molecule has 216 valence electrons. The van der Waals surface area contributed by atoms with Gasteiger partial charge in [0.1, 0.15) is 12.3 Å². The number of aromatic nitrogens is 2. The third-order valence-corrected chi connectivity index (χ3v) is 8.78. The second-order valence-electron chi connectivity index (χ2n) is 10.4. The van der Waals surface area contributed by atoms with Crippen LogP contribution in [-0.4, -0.2) is 52.7 Å². The van der Waals surface area contributed by atoms with Crippen molar-refractivity contribution in [1.29, 1.82) is 0 Å². The highest BCUT2D eigenvalue weighted by Crippen LogP contribution is 2.32. The number of amides is 1. The summed E-state index contributed by atoms with van der Waals surface area (Å²) < 4.78 is 14.8. The number of para-hydroxylation sites is 1. The van der Waals surface area contributed by atoms with Gasteiger partial charge in [0.05, 0.1) is 35.6 Å². The number of nitrogens with zero attached hydrogens (tertiary/aromatic N) is 4. The van der Waals surface area contributed by atoms with E-state index in [-0.39, 0.29) is 24.6 Å². The van der Waals surface area contributed by atoms with Crippen LogP contribution in [0.15, 0.2) is 75.8 Å². The third-order valence-electron chi connectivity index (χ3n) is 7.80. The fourth-order valence-corrected chi connectivity index (χ4v) is 6.83. The number of fused-ring (bicyclic) bond motifs is 2. The van der Waals surface area contributed by atoms with Crippen molar-refractivity contribution >= 4 is 40.2 Å². The topological polar surface area (TPSA) is 95.1 Å². The summed E-state index contributed by atoms with van der Waals surface area (Å²) in [4.78, 5) is 47.3. The summed E-state index contributed by atoms with van der Waals surface area (Å²) in [5.74, 6) is 0.204. The molecule has 42 heavy (non-hydrogen) atoms. The monoisotopic (exact) mass is 584 g/mol. The van der Waals surface area contributed by atoms with Gasteiger partial charge in [0, 0.05) is 35.8 Å². The summed E-state index contributed by atoms with van der Waals surface area (Å²) in [7, 11) is 1.58. The van der Waals surface area contributed by atoms with E-state index < -0.39 is 12.0 Å². The van der Waals surface area contributed by atoms with Gasteiger partial charge >= 0.3 is 5.97 Å². The van der Waals surface area contributed by atoms with Crippen LogP contribution >= 0.6 is 11.3 Å². The minimum absolute atomic E-state index is 0.0967. The summed E-state index contributed by atoms with van der Waals surface area (Å²) in [6.45, 7) is 5.56. The summed E-state index contributed by atoms with van der Waals surface area (Å²) in [5.41, 5.74) is 3.05. The Morgan fingerprint density at radius 3 is 2.67 bits per heavy atom. The van der Waals surface area contributed by atoms with E-state index in [1.54, 1.807) is 25.5 Å². The number of hydrogen-bond acceptors (Lipinski definition) is 7. The quantitative estimate of drug-likeness (QED) is 0.311. The maximum absolute atomic E-state index is 14.1. The van der Waals surface area contributed by atoms with Crippen molar-refractivity contribution < 1.29 is 19.1 Å². The van der Waals surface area contributed by atoms with Crippen molar-refractivity contribution in [3.63, 3.8) is 0 Å². The Balaban J connectivity index is 1.49. The second-order valence-corrected chi connectivity index (χ2v) is 11.4. The number of benzene rings is 2. The Morgan fingerprint density at radius 2 is 1.90 bits per heavy atom. The number of allylic oxidation sites excluding steroid dienone is 1. The average molecular weight is 585 g/mol. The summed E-state index contributed by atoms with van der Waals surface area (Å²) in [6.07, 6.45) is 5.87. The average Bonchev–Trinajstić information content (AvgIpc) is 3.72. The fraction of sp³-hybridized carbons (Fsp3) is 0.312. The number of esters is 1. The second kappa shape index (κ2) is 11.4. The SMILES string of the molecule is CCOC(=O)C1=C(C)N=c2s/c(=C/c3cn(CC(=O)N4CCCC4)c4ccccc34)c(=O)n2[C@@H]1c1cccc(OC)c1. The van der Waals surface area contributed by atoms with E-state index in [9.17, 15) is 14.4 Å². The van der Waals surface area contributed by atoms with Crippen LogP contribution in [-0.2, 0) is 20.9 Å². The van der Waals surface area contributed by atoms with Gasteiger partial charge in [0.25, 0.3) is 5.56 Å². The van der Waals surface area contributed by atoms with Crippen LogP contribution in [0.2, 0.25) is 0 Å². The van der Waals surface area contributed by atoms with Crippen LogP contribution in [0.3, 0.4) is 0 Å². The van der Waals surface area contributed by atoms with Crippen molar-refractivity contribution in [2.45, 2.75) is 39.3 Å². The lowest BCUT2D eigenvalue weighted by atomic mass is 9.95. The lowest BCUT2D eigenvalue weighted by Crippen LogP contribution is -2.39. The number of hydrogen-bond donors (Lipinski definition) is 0. The van der Waals surface area contributed by atoms with Crippen LogP contribution in [0.4, 0.5) is 0 Å². The van der Waals surface area contributed by atoms with Crippen molar-refractivity contribution in [2.75, 3.05) is 26.8 Å². The molecule has 0 spiro atoms. The molecule has 0 aliphatic carbocycles. The third kappa shape index (κ3) is 4.96. The Kier molecular flexibility index (Phi) is 7.55. The first-order chi connectivity index (χ1) is 20.4. The van der Waals surface area contributed by atoms with Crippen molar-refractivity contribution in [2.24, 2.45) is 4.99 Å². The lowest BCUT2D eigenvalue weighted by Gasteiger charge is -2.25. The van der Waals surface area contributed by atoms with Gasteiger partial charge in [-0.2, -0.15) is 0 Å². The van der Waals surface area contributed by atoms with Crippen LogP contribution in [0.25, 0.3) is 17.0 Å². The number of methoxy groups -OCH3 is 1. The minimum atomic E-state index is -0.725. The number of carbonyl (C=O) groups is 2. The Morgan fingerprint density at radius 1 is 1.12 bits per heavy atom. The largest absolute Gasteiger partial charge is 0.497 e. The van der Waals surface area contributed by atoms with Gasteiger partial charge < -0.3 is 18.9 Å². The van der Waals surface area contributed by atoms with Gasteiger partial charge in [-0.25, -0.2) is 9.79 Å². The highest BCUT2D eigenvalue weighted by atomic mass is 32.1.